The zero-order chi connectivity index (χ0) is 18.1. The fraction of sp³-hybridized carbons (Fsp3) is 0.176. The van der Waals surface area contributed by atoms with E-state index in [1.54, 1.807) is 23.7 Å². The molecule has 0 unspecified atom stereocenters. The molecule has 2 heterocycles. The van der Waals surface area contributed by atoms with Crippen LogP contribution in [0.4, 0.5) is 15.8 Å². The zero-order valence-corrected chi connectivity index (χ0v) is 15.4. The highest BCUT2D eigenvalue weighted by Crippen LogP contribution is 2.25. The Kier molecular flexibility index (Phi) is 4.91. The molecule has 8 heteroatoms. The van der Waals surface area contributed by atoms with Crippen molar-refractivity contribution in [2.75, 3.05) is 11.9 Å². The molecule has 0 amide bonds. The van der Waals surface area contributed by atoms with E-state index < -0.39 is 5.82 Å². The number of fused-ring (bicyclic) bond motifs is 1. The van der Waals surface area contributed by atoms with E-state index in [-0.39, 0.29) is 40.9 Å². The zero-order valence-electron chi connectivity index (χ0n) is 13.3. The summed E-state index contributed by atoms with van der Waals surface area (Å²) in [6.07, 6.45) is 1.52. The van der Waals surface area contributed by atoms with Gasteiger partial charge in [-0.05, 0) is 40.8 Å². The number of aromatic nitrogens is 2. The van der Waals surface area contributed by atoms with Crippen LogP contribution in [0.25, 0.3) is 11.0 Å². The Labute approximate surface area is 155 Å². The summed E-state index contributed by atoms with van der Waals surface area (Å²) in [5.74, 6) is -0.479. The molecule has 25 heavy (non-hydrogen) atoms. The van der Waals surface area contributed by atoms with Crippen molar-refractivity contribution in [1.82, 2.24) is 9.13 Å². The standard InChI is InChI=1S/C17H15FIN3O3/c1-21-15(25)9-13(20-12-3-2-10(19)8-11(12)18)16-14(24)4-5-22(6-7-23)17(16)21/h2-5,8-9,20,23H,6-7H2,1H3. The molecular formula is C17H15FIN3O3. The number of rotatable bonds is 4. The van der Waals surface area contributed by atoms with Crippen molar-refractivity contribution in [3.8, 4) is 0 Å². The molecular weight excluding hydrogens is 440 g/mol. The second-order valence-electron chi connectivity index (χ2n) is 5.50. The van der Waals surface area contributed by atoms with Gasteiger partial charge in [0.25, 0.3) is 5.56 Å². The molecule has 0 atom stereocenters. The smallest absolute Gasteiger partial charge is 0.253 e. The number of pyridine rings is 2. The van der Waals surface area contributed by atoms with Gasteiger partial charge in [-0.3, -0.25) is 14.2 Å². The van der Waals surface area contributed by atoms with E-state index in [0.29, 0.717) is 5.65 Å². The van der Waals surface area contributed by atoms with Crippen molar-refractivity contribution < 1.29 is 9.50 Å². The minimum atomic E-state index is -0.479. The second-order valence-corrected chi connectivity index (χ2v) is 6.75. The van der Waals surface area contributed by atoms with E-state index in [1.807, 2.05) is 22.6 Å². The lowest BCUT2D eigenvalue weighted by atomic mass is 10.2. The first kappa shape index (κ1) is 17.6. The normalized spacial score (nSPS) is 11.0. The number of nitrogens with one attached hydrogen (secondary N) is 1. The molecule has 0 radical (unpaired) electrons. The maximum Gasteiger partial charge on any atom is 0.253 e. The van der Waals surface area contributed by atoms with Crippen molar-refractivity contribution in [2.24, 2.45) is 7.05 Å². The van der Waals surface area contributed by atoms with Crippen molar-refractivity contribution in [3.05, 3.63) is 66.5 Å². The fourth-order valence-corrected chi connectivity index (χ4v) is 3.15. The number of nitrogens with zero attached hydrogens (tertiary/aromatic N) is 2. The molecule has 0 saturated carbocycles. The summed E-state index contributed by atoms with van der Waals surface area (Å²) in [6, 6.07) is 7.26. The van der Waals surface area contributed by atoms with Crippen LogP contribution >= 0.6 is 22.6 Å². The minimum Gasteiger partial charge on any atom is -0.395 e. The van der Waals surface area contributed by atoms with Crippen molar-refractivity contribution in [1.29, 1.82) is 0 Å². The Morgan fingerprint density at radius 2 is 1.96 bits per heavy atom. The SMILES string of the molecule is Cn1c(=O)cc(Nc2ccc(I)cc2F)c2c(=O)ccn(CCO)c21. The lowest BCUT2D eigenvalue weighted by Gasteiger charge is -2.16. The minimum absolute atomic E-state index is 0.143. The van der Waals surface area contributed by atoms with Gasteiger partial charge in [-0.2, -0.15) is 0 Å². The summed E-state index contributed by atoms with van der Waals surface area (Å²) in [6.45, 7) is 0.0843. The summed E-state index contributed by atoms with van der Waals surface area (Å²) >= 11 is 2.00. The average Bonchev–Trinajstić information content (AvgIpc) is 2.56. The van der Waals surface area contributed by atoms with Gasteiger partial charge in [0, 0.05) is 35.5 Å². The molecule has 0 spiro atoms. The molecule has 3 aromatic rings. The predicted molar refractivity (Wildman–Crippen MR) is 103 cm³/mol. The van der Waals surface area contributed by atoms with E-state index in [9.17, 15) is 19.1 Å². The van der Waals surface area contributed by atoms with Crippen LogP contribution in [0, 0.1) is 9.39 Å². The van der Waals surface area contributed by atoms with Gasteiger partial charge in [0.2, 0.25) is 0 Å². The molecule has 0 aliphatic rings. The lowest BCUT2D eigenvalue weighted by molar-refractivity contribution is 0.277. The molecule has 0 saturated heterocycles. The Morgan fingerprint density at radius 1 is 1.20 bits per heavy atom. The Morgan fingerprint density at radius 3 is 2.64 bits per heavy atom. The van der Waals surface area contributed by atoms with Crippen LogP contribution in [0.5, 0.6) is 0 Å². The maximum absolute atomic E-state index is 14.1. The predicted octanol–water partition coefficient (Wildman–Crippen LogP) is 2.18. The van der Waals surface area contributed by atoms with E-state index in [1.165, 1.54) is 29.0 Å². The highest BCUT2D eigenvalue weighted by Gasteiger charge is 2.14. The van der Waals surface area contributed by atoms with Gasteiger partial charge in [-0.1, -0.05) is 0 Å². The first-order chi connectivity index (χ1) is 11.9. The van der Waals surface area contributed by atoms with Crippen molar-refractivity contribution >= 4 is 45.0 Å². The molecule has 2 aromatic heterocycles. The van der Waals surface area contributed by atoms with Crippen LogP contribution in [0.3, 0.4) is 0 Å². The van der Waals surface area contributed by atoms with Crippen molar-refractivity contribution in [3.63, 3.8) is 0 Å². The summed E-state index contributed by atoms with van der Waals surface area (Å²) in [5, 5.41) is 12.3. The van der Waals surface area contributed by atoms with Gasteiger partial charge in [-0.15, -0.1) is 0 Å². The van der Waals surface area contributed by atoms with Gasteiger partial charge in [0.05, 0.1) is 23.4 Å². The molecule has 2 N–H and O–H groups in total. The number of benzene rings is 1. The molecule has 130 valence electrons. The van der Waals surface area contributed by atoms with Crippen molar-refractivity contribution in [2.45, 2.75) is 6.54 Å². The number of aryl methyl sites for hydroxylation is 1. The molecule has 0 fully saturated rings. The van der Waals surface area contributed by atoms with Crippen LogP contribution < -0.4 is 16.3 Å². The molecule has 0 aliphatic carbocycles. The molecule has 3 rings (SSSR count). The first-order valence-corrected chi connectivity index (χ1v) is 8.56. The Hall–Kier alpha value is -2.20. The Bertz CT molecular complexity index is 1080. The highest BCUT2D eigenvalue weighted by atomic mass is 127. The number of halogens is 2. The van der Waals surface area contributed by atoms with Gasteiger partial charge in [-0.25, -0.2) is 4.39 Å². The summed E-state index contributed by atoms with van der Waals surface area (Å²) in [7, 11) is 1.55. The Balaban J connectivity index is 2.28. The summed E-state index contributed by atoms with van der Waals surface area (Å²) in [5.41, 5.74) is 0.122. The number of hydrogen-bond donors (Lipinski definition) is 2. The number of aliphatic hydroxyl groups is 1. The second kappa shape index (κ2) is 6.96. The van der Waals surface area contributed by atoms with Gasteiger partial charge in [0.15, 0.2) is 5.43 Å². The van der Waals surface area contributed by atoms with E-state index in [2.05, 4.69) is 5.32 Å². The van der Waals surface area contributed by atoms with E-state index >= 15 is 0 Å². The number of anilines is 2. The van der Waals surface area contributed by atoms with Crippen LogP contribution in [0.15, 0.2) is 46.1 Å². The summed E-state index contributed by atoms with van der Waals surface area (Å²) in [4.78, 5) is 24.7. The lowest BCUT2D eigenvalue weighted by Crippen LogP contribution is -2.24. The molecule has 0 bridgehead atoms. The quantitative estimate of drug-likeness (QED) is 0.592. The van der Waals surface area contributed by atoms with Crippen LogP contribution in [-0.4, -0.2) is 20.8 Å². The number of hydrogen-bond acceptors (Lipinski definition) is 4. The van der Waals surface area contributed by atoms with Crippen LogP contribution in [-0.2, 0) is 13.6 Å². The first-order valence-electron chi connectivity index (χ1n) is 7.48. The third-order valence-corrected chi connectivity index (χ3v) is 4.55. The largest absolute Gasteiger partial charge is 0.395 e. The van der Waals surface area contributed by atoms with E-state index in [4.69, 9.17) is 0 Å². The van der Waals surface area contributed by atoms with Crippen LogP contribution in [0.2, 0.25) is 0 Å². The van der Waals surface area contributed by atoms with Gasteiger partial charge in [0.1, 0.15) is 11.5 Å². The van der Waals surface area contributed by atoms with Gasteiger partial charge >= 0.3 is 0 Å². The summed E-state index contributed by atoms with van der Waals surface area (Å²) < 4.78 is 17.8. The highest BCUT2D eigenvalue weighted by molar-refractivity contribution is 14.1. The van der Waals surface area contributed by atoms with Gasteiger partial charge < -0.3 is 15.0 Å². The molecule has 0 aliphatic heterocycles. The number of aliphatic hydroxyl groups excluding tert-OH is 1. The topological polar surface area (TPSA) is 76.3 Å². The third-order valence-electron chi connectivity index (χ3n) is 3.87. The van der Waals surface area contributed by atoms with E-state index in [0.717, 1.165) is 3.57 Å². The van der Waals surface area contributed by atoms with Crippen LogP contribution in [0.1, 0.15) is 0 Å². The fourth-order valence-electron chi connectivity index (χ4n) is 2.70. The average molecular weight is 455 g/mol. The third kappa shape index (κ3) is 3.31. The monoisotopic (exact) mass is 455 g/mol. The maximum atomic E-state index is 14.1. The molecule has 1 aromatic carbocycles. The molecule has 6 nitrogen and oxygen atoms in total.